The van der Waals surface area contributed by atoms with Crippen molar-refractivity contribution in [3.8, 4) is 11.9 Å². The van der Waals surface area contributed by atoms with E-state index in [9.17, 15) is 18.9 Å². The summed E-state index contributed by atoms with van der Waals surface area (Å²) in [7, 11) is 5.09. The largest absolute Gasteiger partial charge is 0.597 e. The number of hydrogen-bond acceptors (Lipinski definition) is 7. The summed E-state index contributed by atoms with van der Waals surface area (Å²) in [5.41, 5.74) is 0.933. The predicted molar refractivity (Wildman–Crippen MR) is 108 cm³/mol. The van der Waals surface area contributed by atoms with E-state index in [1.807, 2.05) is 0 Å². The number of methoxy groups -OCH3 is 1. The average molecular weight is 454 g/mol. The molecule has 4 unspecified atom stereocenters. The Morgan fingerprint density at radius 1 is 1.40 bits per heavy atom. The zero-order valence-corrected chi connectivity index (χ0v) is 18.1. The van der Waals surface area contributed by atoms with Gasteiger partial charge < -0.3 is 14.0 Å². The number of esters is 1. The third kappa shape index (κ3) is 4.70. The molecule has 1 aromatic carbocycles. The second-order valence-electron chi connectivity index (χ2n) is 6.52. The van der Waals surface area contributed by atoms with Crippen molar-refractivity contribution in [2.24, 2.45) is 0 Å². The van der Waals surface area contributed by atoms with E-state index in [-0.39, 0.29) is 12.2 Å². The number of nitrogens with zero attached hydrogens (tertiary/aromatic N) is 3. The number of amides is 2. The number of halogens is 1. The van der Waals surface area contributed by atoms with E-state index >= 15 is 0 Å². The monoisotopic (exact) mass is 453 g/mol. The summed E-state index contributed by atoms with van der Waals surface area (Å²) < 4.78 is 22.4. The standard InChI is InChI=1S/C19H20ClN3O6S/c1-11(2)15(19(26)29-9-13-5-7-14(28-4)8-6-13)23-17(25)16(18(23)30(20)27)22(10-21)12(3)24/h5-8,15-16,18H,1,9H2,2-4H3. The van der Waals surface area contributed by atoms with Crippen molar-refractivity contribution in [1.82, 2.24) is 9.80 Å². The van der Waals surface area contributed by atoms with E-state index in [2.05, 4.69) is 6.58 Å². The van der Waals surface area contributed by atoms with Gasteiger partial charge in [0.05, 0.1) is 17.5 Å². The Balaban J connectivity index is 2.20. The molecule has 30 heavy (non-hydrogen) atoms. The Labute approximate surface area is 181 Å². The number of benzene rings is 1. The first-order valence-corrected chi connectivity index (χ1v) is 10.7. The Bertz CT molecular complexity index is 885. The highest BCUT2D eigenvalue weighted by Gasteiger charge is 2.62. The molecule has 1 saturated heterocycles. The van der Waals surface area contributed by atoms with Crippen molar-refractivity contribution in [1.29, 1.82) is 5.26 Å². The number of β-lactam (4-membered cyclic amide) rings is 1. The molecule has 1 aliphatic heterocycles. The van der Waals surface area contributed by atoms with Crippen molar-refractivity contribution in [3.63, 3.8) is 0 Å². The van der Waals surface area contributed by atoms with E-state index in [0.29, 0.717) is 16.2 Å². The number of nitriles is 1. The Morgan fingerprint density at radius 3 is 2.43 bits per heavy atom. The smallest absolute Gasteiger partial charge is 0.333 e. The Morgan fingerprint density at radius 2 is 2.00 bits per heavy atom. The zero-order chi connectivity index (χ0) is 22.6. The first-order chi connectivity index (χ1) is 14.1. The molecule has 0 radical (unpaired) electrons. The van der Waals surface area contributed by atoms with Gasteiger partial charge in [-0.3, -0.25) is 14.5 Å². The van der Waals surface area contributed by atoms with Crippen molar-refractivity contribution in [2.75, 3.05) is 7.11 Å². The van der Waals surface area contributed by atoms with Gasteiger partial charge in [-0.1, -0.05) is 18.7 Å². The molecule has 0 aromatic heterocycles. The van der Waals surface area contributed by atoms with E-state index < -0.39 is 45.6 Å². The number of likely N-dealkylation sites (tertiary alicyclic amines) is 1. The van der Waals surface area contributed by atoms with Crippen LogP contribution in [0.3, 0.4) is 0 Å². The highest BCUT2D eigenvalue weighted by Crippen LogP contribution is 2.35. The van der Waals surface area contributed by atoms with Crippen LogP contribution in [0.25, 0.3) is 0 Å². The van der Waals surface area contributed by atoms with E-state index in [1.165, 1.54) is 14.0 Å². The SMILES string of the molecule is C=C(C)C(C(=O)OCc1ccc(OC)cc1)N1C(=O)C(N(C#N)C(C)=O)C1[S+]([O-])Cl. The summed E-state index contributed by atoms with van der Waals surface area (Å²) in [5, 5.41) is 7.90. The average Bonchev–Trinajstić information content (AvgIpc) is 2.70. The van der Waals surface area contributed by atoms with Crippen LogP contribution in [0.5, 0.6) is 5.75 Å². The summed E-state index contributed by atoms with van der Waals surface area (Å²) in [5.74, 6) is -1.62. The van der Waals surface area contributed by atoms with Crippen LogP contribution in [0.1, 0.15) is 19.4 Å². The molecule has 4 atom stereocenters. The molecule has 1 heterocycles. The molecule has 1 aliphatic rings. The van der Waals surface area contributed by atoms with Crippen molar-refractivity contribution < 1.29 is 28.4 Å². The van der Waals surface area contributed by atoms with Gasteiger partial charge in [0.25, 0.3) is 5.91 Å². The van der Waals surface area contributed by atoms with Crippen LogP contribution in [-0.4, -0.2) is 56.7 Å². The van der Waals surface area contributed by atoms with Crippen LogP contribution in [0.4, 0.5) is 0 Å². The minimum absolute atomic E-state index is 0.0789. The molecule has 160 valence electrons. The van der Waals surface area contributed by atoms with Gasteiger partial charge >= 0.3 is 5.97 Å². The molecule has 2 amide bonds. The lowest BCUT2D eigenvalue weighted by Gasteiger charge is -2.48. The van der Waals surface area contributed by atoms with E-state index in [1.54, 1.807) is 30.5 Å². The number of carbonyl (C=O) groups is 3. The fourth-order valence-electron chi connectivity index (χ4n) is 3.01. The minimum atomic E-state index is -2.17. The second kappa shape index (κ2) is 9.84. The summed E-state index contributed by atoms with van der Waals surface area (Å²) in [6.45, 7) is 6.22. The highest BCUT2D eigenvalue weighted by atomic mass is 35.7. The van der Waals surface area contributed by atoms with Crippen LogP contribution in [0.15, 0.2) is 36.4 Å². The van der Waals surface area contributed by atoms with Gasteiger partial charge in [0.2, 0.25) is 11.3 Å². The summed E-state index contributed by atoms with van der Waals surface area (Å²) in [6, 6.07) is 4.19. The lowest BCUT2D eigenvalue weighted by atomic mass is 9.98. The van der Waals surface area contributed by atoms with Crippen LogP contribution < -0.4 is 4.74 Å². The molecule has 0 N–H and O–H groups in total. The first kappa shape index (κ1) is 23.5. The maximum atomic E-state index is 12.7. The van der Waals surface area contributed by atoms with Gasteiger partial charge in [-0.05, 0) is 30.2 Å². The van der Waals surface area contributed by atoms with Crippen molar-refractivity contribution in [3.05, 3.63) is 42.0 Å². The molecule has 2 rings (SSSR count). The maximum Gasteiger partial charge on any atom is 0.333 e. The van der Waals surface area contributed by atoms with Crippen LogP contribution in [0.2, 0.25) is 0 Å². The van der Waals surface area contributed by atoms with Crippen LogP contribution >= 0.6 is 10.7 Å². The molecule has 0 aliphatic carbocycles. The molecule has 0 bridgehead atoms. The van der Waals surface area contributed by atoms with Gasteiger partial charge in [-0.25, -0.2) is 9.69 Å². The summed E-state index contributed by atoms with van der Waals surface area (Å²) in [4.78, 5) is 38.6. The van der Waals surface area contributed by atoms with Gasteiger partial charge in [-0.2, -0.15) is 5.26 Å². The molecule has 11 heteroatoms. The molecule has 0 saturated carbocycles. The van der Waals surface area contributed by atoms with Crippen LogP contribution in [0, 0.1) is 11.5 Å². The molecular formula is C19H20ClN3O6S. The third-order valence-corrected chi connectivity index (χ3v) is 5.89. The van der Waals surface area contributed by atoms with Gasteiger partial charge in [0.15, 0.2) is 29.0 Å². The van der Waals surface area contributed by atoms with Crippen molar-refractivity contribution in [2.45, 2.75) is 37.9 Å². The first-order valence-electron chi connectivity index (χ1n) is 8.67. The third-order valence-electron chi connectivity index (χ3n) is 4.48. The molecule has 1 fully saturated rings. The number of hydrogen-bond donors (Lipinski definition) is 0. The fraction of sp³-hybridized carbons (Fsp3) is 0.368. The van der Waals surface area contributed by atoms with Gasteiger partial charge in [0, 0.05) is 6.92 Å². The molecule has 0 spiro atoms. The van der Waals surface area contributed by atoms with Crippen molar-refractivity contribution >= 4 is 38.9 Å². The van der Waals surface area contributed by atoms with Gasteiger partial charge in [-0.15, -0.1) is 0 Å². The molecular weight excluding hydrogens is 434 g/mol. The van der Waals surface area contributed by atoms with E-state index in [4.69, 9.17) is 25.4 Å². The van der Waals surface area contributed by atoms with Crippen LogP contribution in [-0.2, 0) is 36.1 Å². The Hall–Kier alpha value is -2.74. The minimum Gasteiger partial charge on any atom is -0.597 e. The fourth-order valence-corrected chi connectivity index (χ4v) is 4.40. The maximum absolute atomic E-state index is 12.7. The Kier molecular flexibility index (Phi) is 7.72. The second-order valence-corrected chi connectivity index (χ2v) is 8.41. The normalized spacial score (nSPS) is 19.7. The highest BCUT2D eigenvalue weighted by molar-refractivity contribution is 8.14. The molecule has 1 aromatic rings. The topological polar surface area (TPSA) is 123 Å². The summed E-state index contributed by atoms with van der Waals surface area (Å²) in [6.07, 6.45) is 1.59. The van der Waals surface area contributed by atoms with Gasteiger partial charge in [0.1, 0.15) is 12.4 Å². The number of rotatable bonds is 8. The lowest BCUT2D eigenvalue weighted by molar-refractivity contribution is -0.168. The zero-order valence-electron chi connectivity index (χ0n) is 16.5. The summed E-state index contributed by atoms with van der Waals surface area (Å²) >= 11 is 0. The van der Waals surface area contributed by atoms with E-state index in [0.717, 1.165) is 11.8 Å². The molecule has 9 nitrogen and oxygen atoms in total. The number of ether oxygens (including phenoxy) is 2. The quantitative estimate of drug-likeness (QED) is 0.146. The number of carbonyl (C=O) groups excluding carboxylic acids is 3. The predicted octanol–water partition coefficient (Wildman–Crippen LogP) is 1.45. The lowest BCUT2D eigenvalue weighted by Crippen LogP contribution is -2.75.